The summed E-state index contributed by atoms with van der Waals surface area (Å²) in [5.74, 6) is 1.92. The first-order valence-electron chi connectivity index (χ1n) is 10.6. The molecule has 1 aliphatic rings. The summed E-state index contributed by atoms with van der Waals surface area (Å²) in [4.78, 5) is 26.4. The molecule has 33 heavy (non-hydrogen) atoms. The van der Waals surface area contributed by atoms with E-state index in [0.717, 1.165) is 47.9 Å². The van der Waals surface area contributed by atoms with Gasteiger partial charge in [0.2, 0.25) is 5.82 Å². The van der Waals surface area contributed by atoms with Gasteiger partial charge in [-0.2, -0.15) is 11.8 Å². The Morgan fingerprint density at radius 3 is 2.76 bits per heavy atom. The zero-order chi connectivity index (χ0) is 22.2. The lowest BCUT2D eigenvalue weighted by atomic mass is 9.90. The van der Waals surface area contributed by atoms with E-state index in [1.165, 1.54) is 0 Å². The van der Waals surface area contributed by atoms with Crippen molar-refractivity contribution in [3.05, 3.63) is 29.6 Å². The normalized spacial score (nSPS) is 18.2. The molecule has 3 rings (SSSR count). The maximum absolute atomic E-state index is 12.6. The van der Waals surface area contributed by atoms with E-state index < -0.39 is 0 Å². The monoisotopic (exact) mass is 516 g/mol. The van der Waals surface area contributed by atoms with Crippen LogP contribution >= 0.6 is 36.6 Å². The Bertz CT molecular complexity index is 946. The van der Waals surface area contributed by atoms with Crippen LogP contribution < -0.4 is 16.4 Å². The highest BCUT2D eigenvalue weighted by Crippen LogP contribution is 2.28. The molecular formula is C22H34Cl2N6O2S. The summed E-state index contributed by atoms with van der Waals surface area (Å²) in [6, 6.07) is 6.09. The van der Waals surface area contributed by atoms with Gasteiger partial charge in [-0.05, 0) is 38.2 Å². The van der Waals surface area contributed by atoms with Gasteiger partial charge in [0.05, 0.1) is 11.6 Å². The van der Waals surface area contributed by atoms with Crippen molar-refractivity contribution in [2.45, 2.75) is 44.7 Å². The second-order valence-corrected chi connectivity index (χ2v) is 8.81. The summed E-state index contributed by atoms with van der Waals surface area (Å²) < 4.78 is 5.11. The van der Waals surface area contributed by atoms with E-state index in [2.05, 4.69) is 20.6 Å². The largest absolute Gasteiger partial charge is 0.386 e. The lowest BCUT2D eigenvalue weighted by molar-refractivity contribution is 0.0946. The van der Waals surface area contributed by atoms with Gasteiger partial charge >= 0.3 is 0 Å². The molecule has 2 aromatic rings. The highest BCUT2D eigenvalue weighted by atomic mass is 35.5. The Balaban J connectivity index is 0.00000272. The summed E-state index contributed by atoms with van der Waals surface area (Å²) in [6.45, 7) is 2.93. The third-order valence-electron chi connectivity index (χ3n) is 5.32. The first-order valence-corrected chi connectivity index (χ1v) is 12.0. The average molecular weight is 518 g/mol. The zero-order valence-corrected chi connectivity index (χ0v) is 21.7. The van der Waals surface area contributed by atoms with E-state index in [4.69, 9.17) is 15.5 Å². The molecule has 1 aromatic heterocycles. The molecule has 0 unspecified atom stereocenters. The minimum atomic E-state index is -0.262. The topological polar surface area (TPSA) is 115 Å². The van der Waals surface area contributed by atoms with Gasteiger partial charge in [0.25, 0.3) is 5.91 Å². The second kappa shape index (κ2) is 14.5. The Labute approximate surface area is 212 Å². The number of anilines is 1. The minimum absolute atomic E-state index is 0. The van der Waals surface area contributed by atoms with Crippen molar-refractivity contribution < 1.29 is 9.53 Å². The standard InChI is InChI=1S/C22H32N6O2S.2ClH/c1-14-8-9-16-15(12-14)20(28-21(26-16)22(29)24-10-11-31-3)27-18-7-5-4-6-17(18)25-19(23)13-30-2;;/h8-9,12,17-18H,4-7,10-11,13H2,1-3H3,(H2,23,25)(H,24,29)(H,26,27,28);2*1H/t17-,18+;;/m1../s1. The molecule has 4 N–H and O–H groups in total. The molecule has 0 radical (unpaired) electrons. The van der Waals surface area contributed by atoms with Crippen LogP contribution in [0.1, 0.15) is 41.9 Å². The number of hydrogen-bond acceptors (Lipinski definition) is 7. The first kappa shape index (κ1) is 29.2. The number of amides is 1. The molecule has 0 saturated heterocycles. The van der Waals surface area contributed by atoms with Crippen LogP contribution in [0, 0.1) is 6.92 Å². The fourth-order valence-electron chi connectivity index (χ4n) is 3.81. The summed E-state index contributed by atoms with van der Waals surface area (Å²) in [5, 5.41) is 7.37. The SMILES string of the molecule is COCC(N)=N[C@@H]1CCCC[C@@H]1Nc1nc(C(=O)NCCSC)nc2ccc(C)cc12.Cl.Cl. The van der Waals surface area contributed by atoms with Crippen molar-refractivity contribution in [1.82, 2.24) is 15.3 Å². The number of hydrogen-bond donors (Lipinski definition) is 3. The molecule has 0 spiro atoms. The van der Waals surface area contributed by atoms with Crippen molar-refractivity contribution in [2.24, 2.45) is 10.7 Å². The van der Waals surface area contributed by atoms with E-state index in [0.29, 0.717) is 24.8 Å². The number of carbonyl (C=O) groups is 1. The zero-order valence-electron chi connectivity index (χ0n) is 19.3. The average Bonchev–Trinajstić information content (AvgIpc) is 2.75. The van der Waals surface area contributed by atoms with Gasteiger partial charge in [-0.15, -0.1) is 24.8 Å². The van der Waals surface area contributed by atoms with E-state index in [9.17, 15) is 4.79 Å². The molecule has 1 saturated carbocycles. The van der Waals surface area contributed by atoms with Crippen LogP contribution in [-0.4, -0.2) is 66.1 Å². The van der Waals surface area contributed by atoms with Crippen molar-refractivity contribution in [3.8, 4) is 0 Å². The van der Waals surface area contributed by atoms with Gasteiger partial charge in [0, 0.05) is 30.8 Å². The number of aryl methyl sites for hydroxylation is 1. The number of nitrogens with one attached hydrogen (secondary N) is 2. The molecule has 0 aliphatic heterocycles. The van der Waals surface area contributed by atoms with Gasteiger partial charge in [-0.1, -0.05) is 24.5 Å². The lowest BCUT2D eigenvalue weighted by Gasteiger charge is -2.30. The van der Waals surface area contributed by atoms with E-state index in [1.54, 1.807) is 18.9 Å². The number of ether oxygens (including phenoxy) is 1. The van der Waals surface area contributed by atoms with Crippen molar-refractivity contribution in [3.63, 3.8) is 0 Å². The molecular weight excluding hydrogens is 483 g/mol. The van der Waals surface area contributed by atoms with E-state index in [1.807, 2.05) is 31.4 Å². The summed E-state index contributed by atoms with van der Waals surface area (Å²) in [7, 11) is 1.61. The number of benzene rings is 1. The third-order valence-corrected chi connectivity index (χ3v) is 5.93. The number of thioether (sulfide) groups is 1. The van der Waals surface area contributed by atoms with Gasteiger partial charge in [-0.25, -0.2) is 9.97 Å². The number of nitrogens with two attached hydrogens (primary N) is 1. The van der Waals surface area contributed by atoms with Gasteiger partial charge < -0.3 is 21.1 Å². The number of fused-ring (bicyclic) bond motifs is 1. The van der Waals surface area contributed by atoms with Crippen LogP contribution in [0.5, 0.6) is 0 Å². The van der Waals surface area contributed by atoms with Gasteiger partial charge in [0.1, 0.15) is 18.3 Å². The highest BCUT2D eigenvalue weighted by molar-refractivity contribution is 7.98. The predicted octanol–water partition coefficient (Wildman–Crippen LogP) is 3.60. The Hall–Kier alpha value is -1.81. The summed E-state index contributed by atoms with van der Waals surface area (Å²) in [6.07, 6.45) is 6.13. The lowest BCUT2D eigenvalue weighted by Crippen LogP contribution is -2.38. The van der Waals surface area contributed by atoms with Crippen LogP contribution in [0.25, 0.3) is 10.9 Å². The van der Waals surface area contributed by atoms with Crippen molar-refractivity contribution in [1.29, 1.82) is 0 Å². The van der Waals surface area contributed by atoms with Crippen LogP contribution in [0.15, 0.2) is 23.2 Å². The Morgan fingerprint density at radius 1 is 1.27 bits per heavy atom. The van der Waals surface area contributed by atoms with Crippen LogP contribution in [0.4, 0.5) is 5.82 Å². The summed E-state index contributed by atoms with van der Waals surface area (Å²) in [5.41, 5.74) is 7.87. The van der Waals surface area contributed by atoms with Crippen LogP contribution in [0.2, 0.25) is 0 Å². The molecule has 8 nitrogen and oxygen atoms in total. The molecule has 0 bridgehead atoms. The molecule has 1 aromatic carbocycles. The smallest absolute Gasteiger partial charge is 0.289 e. The maximum Gasteiger partial charge on any atom is 0.289 e. The fourth-order valence-corrected chi connectivity index (χ4v) is 4.11. The third kappa shape index (κ3) is 8.17. The number of carbonyl (C=O) groups excluding carboxylic acids is 1. The summed E-state index contributed by atoms with van der Waals surface area (Å²) >= 11 is 1.68. The Morgan fingerprint density at radius 2 is 2.03 bits per heavy atom. The molecule has 2 atom stereocenters. The minimum Gasteiger partial charge on any atom is -0.386 e. The molecule has 1 aliphatic carbocycles. The maximum atomic E-state index is 12.6. The highest BCUT2D eigenvalue weighted by Gasteiger charge is 2.26. The van der Waals surface area contributed by atoms with E-state index in [-0.39, 0.29) is 48.6 Å². The molecule has 184 valence electrons. The number of rotatable bonds is 9. The molecule has 1 amide bonds. The fraction of sp³-hybridized carbons (Fsp3) is 0.545. The molecule has 1 heterocycles. The second-order valence-electron chi connectivity index (χ2n) is 7.82. The van der Waals surface area contributed by atoms with E-state index >= 15 is 0 Å². The van der Waals surface area contributed by atoms with Gasteiger partial charge in [-0.3, -0.25) is 9.79 Å². The number of aliphatic imine (C=N–C) groups is 1. The van der Waals surface area contributed by atoms with Crippen LogP contribution in [-0.2, 0) is 4.74 Å². The van der Waals surface area contributed by atoms with Crippen molar-refractivity contribution in [2.75, 3.05) is 37.6 Å². The Kier molecular flexibility index (Phi) is 12.8. The molecule has 11 heteroatoms. The number of aromatic nitrogens is 2. The van der Waals surface area contributed by atoms with Crippen molar-refractivity contribution >= 4 is 65.0 Å². The first-order chi connectivity index (χ1) is 15.0. The number of amidine groups is 1. The number of nitrogens with zero attached hydrogens (tertiary/aromatic N) is 3. The molecule has 1 fully saturated rings. The van der Waals surface area contributed by atoms with Gasteiger partial charge in [0.15, 0.2) is 0 Å². The predicted molar refractivity (Wildman–Crippen MR) is 143 cm³/mol. The number of methoxy groups -OCH3 is 1. The number of halogens is 2. The quantitative estimate of drug-likeness (QED) is 0.265. The van der Waals surface area contributed by atoms with Crippen LogP contribution in [0.3, 0.4) is 0 Å².